The number of pyridine rings is 1. The van der Waals surface area contributed by atoms with Gasteiger partial charge in [-0.1, -0.05) is 42.5 Å². The zero-order chi connectivity index (χ0) is 16.6. The number of carboxylic acid groups (broad SMARTS) is 1. The van der Waals surface area contributed by atoms with Gasteiger partial charge in [-0.2, -0.15) is 0 Å². The Bertz CT molecular complexity index is 884. The van der Waals surface area contributed by atoms with Gasteiger partial charge in [0.2, 0.25) is 0 Å². The van der Waals surface area contributed by atoms with Crippen LogP contribution in [0.3, 0.4) is 0 Å². The molecular weight excluding hydrogens is 300 g/mol. The third-order valence-electron chi connectivity index (χ3n) is 3.63. The SMILES string of the molecule is CC(F)(F)c1ccc(-c2cc(C(=O)O)c3ccccc3n2)cc1. The van der Waals surface area contributed by atoms with E-state index in [1.165, 1.54) is 30.3 Å². The molecule has 0 aliphatic rings. The molecule has 3 nitrogen and oxygen atoms in total. The Morgan fingerprint density at radius 1 is 1.09 bits per heavy atom. The summed E-state index contributed by atoms with van der Waals surface area (Å²) in [5, 5.41) is 9.92. The van der Waals surface area contributed by atoms with E-state index in [1.807, 2.05) is 0 Å². The van der Waals surface area contributed by atoms with Gasteiger partial charge in [0.1, 0.15) is 0 Å². The molecule has 0 aliphatic carbocycles. The molecule has 0 fully saturated rings. The monoisotopic (exact) mass is 313 g/mol. The average molecular weight is 313 g/mol. The number of carboxylic acids is 1. The van der Waals surface area contributed by atoms with Crippen molar-refractivity contribution in [1.29, 1.82) is 0 Å². The maximum atomic E-state index is 13.3. The van der Waals surface area contributed by atoms with E-state index in [2.05, 4.69) is 4.98 Å². The Kier molecular flexibility index (Phi) is 3.56. The molecule has 3 aromatic rings. The number of para-hydroxylation sites is 1. The van der Waals surface area contributed by atoms with E-state index in [9.17, 15) is 18.7 Å². The van der Waals surface area contributed by atoms with E-state index < -0.39 is 11.9 Å². The highest BCUT2D eigenvalue weighted by molar-refractivity contribution is 6.03. The summed E-state index contributed by atoms with van der Waals surface area (Å²) in [6.45, 7) is 0.832. The van der Waals surface area contributed by atoms with Crippen molar-refractivity contribution in [3.8, 4) is 11.3 Å². The van der Waals surface area contributed by atoms with Crippen molar-refractivity contribution >= 4 is 16.9 Å². The second kappa shape index (κ2) is 5.43. The van der Waals surface area contributed by atoms with Crippen LogP contribution >= 0.6 is 0 Å². The highest BCUT2D eigenvalue weighted by Gasteiger charge is 2.23. The number of carbonyl (C=O) groups is 1. The highest BCUT2D eigenvalue weighted by Crippen LogP contribution is 2.30. The van der Waals surface area contributed by atoms with Crippen LogP contribution < -0.4 is 0 Å². The highest BCUT2D eigenvalue weighted by atomic mass is 19.3. The summed E-state index contributed by atoms with van der Waals surface area (Å²) in [7, 11) is 0. The molecule has 0 aliphatic heterocycles. The summed E-state index contributed by atoms with van der Waals surface area (Å²) >= 11 is 0. The van der Waals surface area contributed by atoms with Crippen LogP contribution in [-0.2, 0) is 5.92 Å². The molecule has 0 saturated heterocycles. The third-order valence-corrected chi connectivity index (χ3v) is 3.63. The fourth-order valence-electron chi connectivity index (χ4n) is 2.43. The first-order chi connectivity index (χ1) is 10.9. The van der Waals surface area contributed by atoms with Crippen LogP contribution in [0, 0.1) is 0 Å². The summed E-state index contributed by atoms with van der Waals surface area (Å²) in [5.74, 6) is -3.97. The van der Waals surface area contributed by atoms with Gasteiger partial charge in [0.05, 0.1) is 16.8 Å². The Morgan fingerprint density at radius 2 is 1.74 bits per heavy atom. The van der Waals surface area contributed by atoms with Crippen LogP contribution in [0.4, 0.5) is 8.78 Å². The van der Waals surface area contributed by atoms with Crippen molar-refractivity contribution in [3.63, 3.8) is 0 Å². The van der Waals surface area contributed by atoms with Crippen molar-refractivity contribution in [2.75, 3.05) is 0 Å². The molecule has 0 spiro atoms. The zero-order valence-electron chi connectivity index (χ0n) is 12.3. The number of fused-ring (bicyclic) bond motifs is 1. The van der Waals surface area contributed by atoms with Crippen LogP contribution in [0.15, 0.2) is 54.6 Å². The fourth-order valence-corrected chi connectivity index (χ4v) is 2.43. The van der Waals surface area contributed by atoms with E-state index in [0.717, 1.165) is 6.92 Å². The molecule has 0 bridgehead atoms. The lowest BCUT2D eigenvalue weighted by Gasteiger charge is -2.11. The van der Waals surface area contributed by atoms with Gasteiger partial charge in [0, 0.05) is 23.4 Å². The molecule has 116 valence electrons. The molecule has 1 N–H and O–H groups in total. The van der Waals surface area contributed by atoms with Gasteiger partial charge in [-0.05, 0) is 12.1 Å². The number of alkyl halides is 2. The largest absolute Gasteiger partial charge is 0.478 e. The normalized spacial score (nSPS) is 11.6. The van der Waals surface area contributed by atoms with Crippen molar-refractivity contribution in [3.05, 3.63) is 65.7 Å². The molecule has 0 saturated carbocycles. The number of aromatic carboxylic acids is 1. The second-order valence-corrected chi connectivity index (χ2v) is 5.34. The second-order valence-electron chi connectivity index (χ2n) is 5.34. The first-order valence-electron chi connectivity index (χ1n) is 6.98. The first-order valence-corrected chi connectivity index (χ1v) is 6.98. The fraction of sp³-hybridized carbons (Fsp3) is 0.111. The Balaban J connectivity index is 2.15. The Hall–Kier alpha value is -2.82. The summed E-state index contributed by atoms with van der Waals surface area (Å²) in [5.41, 5.74) is 1.61. The molecule has 0 unspecified atom stereocenters. The summed E-state index contributed by atoms with van der Waals surface area (Å²) in [4.78, 5) is 15.9. The minimum atomic E-state index is -2.92. The van der Waals surface area contributed by atoms with Crippen LogP contribution in [0.25, 0.3) is 22.2 Å². The maximum absolute atomic E-state index is 13.3. The minimum absolute atomic E-state index is 0.0968. The molecule has 23 heavy (non-hydrogen) atoms. The van der Waals surface area contributed by atoms with Crippen LogP contribution in [0.2, 0.25) is 0 Å². The number of nitrogens with zero attached hydrogens (tertiary/aromatic N) is 1. The van der Waals surface area contributed by atoms with Gasteiger partial charge in [-0.15, -0.1) is 0 Å². The van der Waals surface area contributed by atoms with Crippen molar-refractivity contribution in [2.45, 2.75) is 12.8 Å². The Morgan fingerprint density at radius 3 is 2.35 bits per heavy atom. The van der Waals surface area contributed by atoms with Crippen LogP contribution in [0.1, 0.15) is 22.8 Å². The number of rotatable bonds is 3. The lowest BCUT2D eigenvalue weighted by molar-refractivity contribution is 0.0175. The van der Waals surface area contributed by atoms with Crippen molar-refractivity contribution in [1.82, 2.24) is 4.98 Å². The molecule has 0 amide bonds. The van der Waals surface area contributed by atoms with E-state index in [4.69, 9.17) is 0 Å². The molecule has 0 radical (unpaired) electrons. The number of hydrogen-bond acceptors (Lipinski definition) is 2. The minimum Gasteiger partial charge on any atom is -0.478 e. The average Bonchev–Trinajstić information content (AvgIpc) is 2.53. The standard InChI is InChI=1S/C18H13F2NO2/c1-18(19,20)12-8-6-11(7-9-12)16-10-14(17(22)23)13-4-2-3-5-15(13)21-16/h2-10H,1H3,(H,22,23). The number of benzene rings is 2. The Labute approximate surface area is 131 Å². The molecule has 1 aromatic heterocycles. The third kappa shape index (κ3) is 2.90. The number of halogens is 2. The lowest BCUT2D eigenvalue weighted by Crippen LogP contribution is -2.06. The van der Waals surface area contributed by atoms with Crippen molar-refractivity contribution < 1.29 is 18.7 Å². The molecular formula is C18H13F2NO2. The summed E-state index contributed by atoms with van der Waals surface area (Å²) < 4.78 is 26.5. The predicted octanol–water partition coefficient (Wildman–Crippen LogP) is 4.71. The predicted molar refractivity (Wildman–Crippen MR) is 83.7 cm³/mol. The smallest absolute Gasteiger partial charge is 0.336 e. The first kappa shape index (κ1) is 15.1. The van der Waals surface area contributed by atoms with Gasteiger partial charge in [-0.25, -0.2) is 18.6 Å². The van der Waals surface area contributed by atoms with Crippen LogP contribution in [-0.4, -0.2) is 16.1 Å². The van der Waals surface area contributed by atoms with Gasteiger partial charge in [0.25, 0.3) is 5.92 Å². The van der Waals surface area contributed by atoms with Crippen molar-refractivity contribution in [2.24, 2.45) is 0 Å². The number of hydrogen-bond donors (Lipinski definition) is 1. The lowest BCUT2D eigenvalue weighted by atomic mass is 10.0. The van der Waals surface area contributed by atoms with Crippen LogP contribution in [0.5, 0.6) is 0 Å². The van der Waals surface area contributed by atoms with E-state index >= 15 is 0 Å². The van der Waals surface area contributed by atoms with Gasteiger partial charge >= 0.3 is 5.97 Å². The van der Waals surface area contributed by atoms with Gasteiger partial charge < -0.3 is 5.11 Å². The summed E-state index contributed by atoms with van der Waals surface area (Å²) in [6, 6.07) is 14.1. The maximum Gasteiger partial charge on any atom is 0.336 e. The molecule has 1 heterocycles. The zero-order valence-corrected chi connectivity index (χ0v) is 12.3. The van der Waals surface area contributed by atoms with E-state index in [-0.39, 0.29) is 11.1 Å². The molecule has 0 atom stereocenters. The topological polar surface area (TPSA) is 50.2 Å². The van der Waals surface area contributed by atoms with Gasteiger partial charge in [-0.3, -0.25) is 0 Å². The van der Waals surface area contributed by atoms with Gasteiger partial charge in [0.15, 0.2) is 0 Å². The van der Waals surface area contributed by atoms with E-state index in [0.29, 0.717) is 22.2 Å². The molecule has 5 heteroatoms. The number of aromatic nitrogens is 1. The molecule has 3 rings (SSSR count). The quantitative estimate of drug-likeness (QED) is 0.761. The van der Waals surface area contributed by atoms with E-state index in [1.54, 1.807) is 24.3 Å². The summed E-state index contributed by atoms with van der Waals surface area (Å²) in [6.07, 6.45) is 0. The molecule has 2 aromatic carbocycles.